The molecule has 0 saturated heterocycles. The van der Waals surface area contributed by atoms with E-state index in [1.807, 2.05) is 30.3 Å². The van der Waals surface area contributed by atoms with E-state index < -0.39 is 34.8 Å². The molecule has 37 heavy (non-hydrogen) atoms. The van der Waals surface area contributed by atoms with Crippen molar-refractivity contribution >= 4 is 17.8 Å². The molecule has 2 amide bonds. The fraction of sp³-hybridized carbons (Fsp3) is 0.280. The smallest absolute Gasteiger partial charge is 0.348 e. The van der Waals surface area contributed by atoms with Gasteiger partial charge in [-0.1, -0.05) is 31.2 Å². The number of carbonyl (C=O) groups is 3. The second-order valence-electron chi connectivity index (χ2n) is 8.68. The van der Waals surface area contributed by atoms with Gasteiger partial charge in [-0.05, 0) is 30.0 Å². The Hall–Kier alpha value is -4.25. The molecule has 2 heterocycles. The van der Waals surface area contributed by atoms with Crippen LogP contribution in [0, 0.1) is 5.92 Å². The van der Waals surface area contributed by atoms with E-state index in [0.717, 1.165) is 29.5 Å². The molecule has 194 valence electrons. The van der Waals surface area contributed by atoms with E-state index in [2.05, 4.69) is 25.6 Å². The Bertz CT molecular complexity index is 1350. The molecule has 1 atom stereocenters. The maximum absolute atomic E-state index is 12.9. The number of benzene rings is 1. The first kappa shape index (κ1) is 27.3. The highest BCUT2D eigenvalue weighted by molar-refractivity contribution is 5.95. The number of halogens is 1. The third kappa shape index (κ3) is 6.12. The lowest BCUT2D eigenvalue weighted by atomic mass is 10.00. The van der Waals surface area contributed by atoms with Crippen molar-refractivity contribution in [2.45, 2.75) is 25.3 Å². The molecular weight excluding hydrogens is 502 g/mol. The minimum atomic E-state index is -1.05. The number of carboxylic acids is 1. The highest BCUT2D eigenvalue weighted by Gasteiger charge is 2.46. The molecule has 2 aromatic heterocycles. The SMILES string of the molecule is COc1ccc(-c2ccc(C3(NC(=O)c4c[nH+]c(C(=O)NC[C@H](C)C(=O)O)[nH]c4=O)CC3)cc2)cn1.[Cl-]. The first-order chi connectivity index (χ1) is 17.2. The van der Waals surface area contributed by atoms with Crippen LogP contribution in [0.4, 0.5) is 0 Å². The monoisotopic (exact) mass is 527 g/mol. The molecule has 12 heteroatoms. The highest BCUT2D eigenvalue weighted by atomic mass is 35.5. The number of carbonyl (C=O) groups excluding carboxylic acids is 2. The molecule has 1 aliphatic rings. The van der Waals surface area contributed by atoms with E-state index in [1.54, 1.807) is 19.4 Å². The minimum absolute atomic E-state index is 0. The van der Waals surface area contributed by atoms with E-state index in [4.69, 9.17) is 9.84 Å². The van der Waals surface area contributed by atoms with Gasteiger partial charge >= 0.3 is 23.3 Å². The van der Waals surface area contributed by atoms with Crippen molar-refractivity contribution in [3.8, 4) is 17.0 Å². The number of aromatic amines is 2. The summed E-state index contributed by atoms with van der Waals surface area (Å²) >= 11 is 0. The minimum Gasteiger partial charge on any atom is -1.00 e. The summed E-state index contributed by atoms with van der Waals surface area (Å²) in [5.41, 5.74) is 1.35. The van der Waals surface area contributed by atoms with Crippen LogP contribution in [0.15, 0.2) is 53.6 Å². The van der Waals surface area contributed by atoms with Gasteiger partial charge in [0.25, 0.3) is 5.91 Å². The van der Waals surface area contributed by atoms with Gasteiger partial charge in [0, 0.05) is 24.4 Å². The number of ether oxygens (including phenoxy) is 1. The number of aliphatic carboxylic acids is 1. The molecule has 11 nitrogen and oxygen atoms in total. The maximum Gasteiger partial charge on any atom is 0.348 e. The second-order valence-corrected chi connectivity index (χ2v) is 8.68. The molecule has 4 rings (SSSR count). The molecule has 1 fully saturated rings. The zero-order valence-corrected chi connectivity index (χ0v) is 20.9. The lowest BCUT2D eigenvalue weighted by Crippen LogP contribution is -3.00. The highest BCUT2D eigenvalue weighted by Crippen LogP contribution is 2.46. The number of nitrogens with zero attached hydrogens (tertiary/aromatic N) is 1. The van der Waals surface area contributed by atoms with Crippen LogP contribution in [0.1, 0.15) is 46.3 Å². The first-order valence-corrected chi connectivity index (χ1v) is 11.3. The summed E-state index contributed by atoms with van der Waals surface area (Å²) in [5.74, 6) is -2.75. The average Bonchev–Trinajstić information content (AvgIpc) is 3.67. The van der Waals surface area contributed by atoms with Crippen molar-refractivity contribution in [1.29, 1.82) is 0 Å². The van der Waals surface area contributed by atoms with Crippen molar-refractivity contribution in [3.63, 3.8) is 0 Å². The van der Waals surface area contributed by atoms with E-state index in [0.29, 0.717) is 5.88 Å². The summed E-state index contributed by atoms with van der Waals surface area (Å²) in [6.45, 7) is 1.34. The van der Waals surface area contributed by atoms with Gasteiger partial charge in [0.1, 0.15) is 6.20 Å². The van der Waals surface area contributed by atoms with E-state index in [-0.39, 0.29) is 30.3 Å². The summed E-state index contributed by atoms with van der Waals surface area (Å²) < 4.78 is 5.09. The number of pyridine rings is 1. The number of H-pyrrole nitrogens is 2. The van der Waals surface area contributed by atoms with Crippen LogP contribution in [-0.4, -0.2) is 46.5 Å². The third-order valence-electron chi connectivity index (χ3n) is 6.13. The number of rotatable bonds is 9. The second kappa shape index (κ2) is 11.2. The zero-order chi connectivity index (χ0) is 25.9. The molecule has 1 aromatic carbocycles. The van der Waals surface area contributed by atoms with Gasteiger partial charge in [-0.2, -0.15) is 0 Å². The van der Waals surface area contributed by atoms with Gasteiger partial charge in [0.15, 0.2) is 5.56 Å². The van der Waals surface area contributed by atoms with Crippen LogP contribution in [-0.2, 0) is 10.3 Å². The standard InChI is InChI=1S/C25H25N5O6.ClH/c1-14(24(34)35)11-28-23(33)20-27-13-18(21(31)29-20)22(32)30-25(9-10-25)17-6-3-15(4-7-17)16-5-8-19(36-2)26-12-16;/h3-8,12-14H,9-11H2,1-2H3,(H,28,33)(H,30,32)(H,34,35)(H,27,29,31);1H/t14-;/m0./s1. The number of carboxylic acid groups (broad SMARTS) is 1. The van der Waals surface area contributed by atoms with E-state index in [9.17, 15) is 19.2 Å². The largest absolute Gasteiger partial charge is 1.00 e. The van der Waals surface area contributed by atoms with Crippen molar-refractivity contribution in [2.24, 2.45) is 5.92 Å². The Labute approximate surface area is 218 Å². The molecule has 0 unspecified atom stereocenters. The lowest BCUT2D eigenvalue weighted by Gasteiger charge is -2.18. The predicted octanol–water partition coefficient (Wildman–Crippen LogP) is -1.87. The van der Waals surface area contributed by atoms with Gasteiger partial charge in [-0.3, -0.25) is 14.4 Å². The number of methoxy groups -OCH3 is 1. The summed E-state index contributed by atoms with van der Waals surface area (Å²) in [4.78, 5) is 57.6. The average molecular weight is 528 g/mol. The number of hydrogen-bond donors (Lipinski definition) is 4. The van der Waals surface area contributed by atoms with Crippen LogP contribution in [0.2, 0.25) is 0 Å². The van der Waals surface area contributed by atoms with Gasteiger partial charge < -0.3 is 32.9 Å². The number of amides is 2. The van der Waals surface area contributed by atoms with Crippen molar-refractivity contribution in [1.82, 2.24) is 20.6 Å². The zero-order valence-electron chi connectivity index (χ0n) is 20.1. The van der Waals surface area contributed by atoms with Crippen LogP contribution in [0.25, 0.3) is 11.1 Å². The Morgan fingerprint density at radius 3 is 2.35 bits per heavy atom. The topological polar surface area (TPSA) is 165 Å². The van der Waals surface area contributed by atoms with Gasteiger partial charge in [-0.25, -0.2) is 19.7 Å². The fourth-order valence-electron chi connectivity index (χ4n) is 3.69. The number of nitrogens with one attached hydrogen (secondary N) is 4. The summed E-state index contributed by atoms with van der Waals surface area (Å²) in [7, 11) is 1.56. The van der Waals surface area contributed by atoms with Gasteiger partial charge in [0.2, 0.25) is 5.88 Å². The first-order valence-electron chi connectivity index (χ1n) is 11.3. The Balaban J connectivity index is 0.00000380. The molecule has 0 aliphatic heterocycles. The quantitative estimate of drug-likeness (QED) is 0.253. The van der Waals surface area contributed by atoms with Crippen LogP contribution in [0.5, 0.6) is 5.88 Å². The third-order valence-corrected chi connectivity index (χ3v) is 6.13. The van der Waals surface area contributed by atoms with E-state index in [1.165, 1.54) is 13.1 Å². The normalized spacial score (nSPS) is 14.0. The molecule has 0 radical (unpaired) electrons. The summed E-state index contributed by atoms with van der Waals surface area (Å²) in [5, 5.41) is 14.3. The molecule has 0 bridgehead atoms. The molecule has 3 aromatic rings. The van der Waals surface area contributed by atoms with Crippen LogP contribution >= 0.6 is 0 Å². The summed E-state index contributed by atoms with van der Waals surface area (Å²) in [6.07, 6.45) is 4.35. The Morgan fingerprint density at radius 2 is 1.81 bits per heavy atom. The van der Waals surface area contributed by atoms with Gasteiger partial charge in [0.05, 0.1) is 18.6 Å². The van der Waals surface area contributed by atoms with Gasteiger partial charge in [-0.15, -0.1) is 0 Å². The van der Waals surface area contributed by atoms with Crippen LogP contribution < -0.4 is 38.3 Å². The molecule has 1 aliphatic carbocycles. The molecular formula is C25H26ClN5O6. The fourth-order valence-corrected chi connectivity index (χ4v) is 3.69. The Kier molecular flexibility index (Phi) is 8.28. The number of hydrogen-bond acceptors (Lipinski definition) is 6. The van der Waals surface area contributed by atoms with Crippen LogP contribution in [0.3, 0.4) is 0 Å². The maximum atomic E-state index is 12.9. The van der Waals surface area contributed by atoms with Crippen molar-refractivity contribution < 1.29 is 41.6 Å². The Morgan fingerprint density at radius 1 is 1.14 bits per heavy atom. The van der Waals surface area contributed by atoms with Crippen molar-refractivity contribution in [2.75, 3.05) is 13.7 Å². The molecule has 1 saturated carbocycles. The van der Waals surface area contributed by atoms with E-state index >= 15 is 0 Å². The number of aromatic nitrogens is 3. The molecule has 5 N–H and O–H groups in total. The molecule has 0 spiro atoms. The predicted molar refractivity (Wildman–Crippen MR) is 127 cm³/mol. The van der Waals surface area contributed by atoms with Crippen molar-refractivity contribution in [3.05, 3.63) is 76.1 Å². The summed E-state index contributed by atoms with van der Waals surface area (Å²) in [6, 6.07) is 11.5. The lowest BCUT2D eigenvalue weighted by molar-refractivity contribution is -0.387.